The first-order valence-corrected chi connectivity index (χ1v) is 3.95. The molecule has 0 amide bonds. The van der Waals surface area contributed by atoms with Gasteiger partial charge in [-0.15, -0.1) is 0 Å². The molecule has 1 rings (SSSR count). The van der Waals surface area contributed by atoms with Crippen LogP contribution in [0.5, 0.6) is 11.5 Å². The number of benzene rings is 1. The topological polar surface area (TPSA) is 40.5 Å². The van der Waals surface area contributed by atoms with Gasteiger partial charge >= 0.3 is 0 Å². The van der Waals surface area contributed by atoms with E-state index in [0.29, 0.717) is 5.56 Å². The second-order valence-electron chi connectivity index (χ2n) is 3.20. The molecule has 0 spiro atoms. The molecule has 0 saturated heterocycles. The predicted molar refractivity (Wildman–Crippen MR) is 52.2 cm³/mol. The molecule has 0 aliphatic rings. The van der Waals surface area contributed by atoms with E-state index in [4.69, 9.17) is 0 Å². The fraction of sp³-hybridized carbons (Fsp3) is 0.333. The van der Waals surface area contributed by atoms with Crippen LogP contribution in [0.15, 0.2) is 0 Å². The van der Waals surface area contributed by atoms with Crippen LogP contribution in [0.1, 0.15) is 16.7 Å². The number of phenolic OH excluding ortho intramolecular Hbond substituents is 2. The van der Waals surface area contributed by atoms with Crippen molar-refractivity contribution in [1.29, 1.82) is 0 Å². The Balaban J connectivity index is 3.60. The summed E-state index contributed by atoms with van der Waals surface area (Å²) in [6.07, 6.45) is 0. The lowest BCUT2D eigenvalue weighted by atomic mass is 9.85. The summed E-state index contributed by atoms with van der Waals surface area (Å²) in [5.41, 5.74) is 3.22. The van der Waals surface area contributed by atoms with Crippen molar-refractivity contribution in [3.8, 4) is 11.5 Å². The number of phenols is 2. The minimum atomic E-state index is 0.204. The number of hydrogen-bond acceptors (Lipinski definition) is 2. The zero-order valence-corrected chi connectivity index (χ0v) is 7.89. The van der Waals surface area contributed by atoms with Gasteiger partial charge < -0.3 is 10.2 Å². The molecule has 0 aliphatic carbocycles. The van der Waals surface area contributed by atoms with Gasteiger partial charge in [-0.05, 0) is 37.4 Å². The molecule has 0 saturated carbocycles. The van der Waals surface area contributed by atoms with Crippen LogP contribution < -0.4 is 5.46 Å². The first-order valence-electron chi connectivity index (χ1n) is 3.95. The van der Waals surface area contributed by atoms with Gasteiger partial charge in [0, 0.05) is 5.56 Å². The molecule has 0 fully saturated rings. The molecule has 3 heteroatoms. The largest absolute Gasteiger partial charge is 0.508 e. The molecule has 0 unspecified atom stereocenters. The number of hydrogen-bond donors (Lipinski definition) is 2. The van der Waals surface area contributed by atoms with Crippen molar-refractivity contribution >= 4 is 13.3 Å². The first-order chi connectivity index (χ1) is 5.46. The molecule has 1 aromatic carbocycles. The van der Waals surface area contributed by atoms with Gasteiger partial charge in [-0.2, -0.15) is 0 Å². The normalized spacial score (nSPS) is 10.2. The Bertz CT molecular complexity index is 227. The van der Waals surface area contributed by atoms with E-state index >= 15 is 0 Å². The molecule has 0 atom stereocenters. The second kappa shape index (κ2) is 2.74. The van der Waals surface area contributed by atoms with E-state index < -0.39 is 0 Å². The molecule has 0 aromatic heterocycles. The highest BCUT2D eigenvalue weighted by atomic mass is 16.3. The molecular weight excluding hydrogens is 151 g/mol. The Kier molecular flexibility index (Phi) is 2.05. The third-order valence-corrected chi connectivity index (χ3v) is 2.55. The van der Waals surface area contributed by atoms with E-state index in [2.05, 4.69) is 0 Å². The van der Waals surface area contributed by atoms with Gasteiger partial charge in [0.05, 0.1) is 0 Å². The van der Waals surface area contributed by atoms with Gasteiger partial charge in [0.2, 0.25) is 0 Å². The maximum Gasteiger partial charge on any atom is 0.144 e. The summed E-state index contributed by atoms with van der Waals surface area (Å²) < 4.78 is 0. The average Bonchev–Trinajstić information content (AvgIpc) is 2.08. The molecule has 0 aliphatic heterocycles. The minimum absolute atomic E-state index is 0.204. The van der Waals surface area contributed by atoms with Crippen LogP contribution in [0.4, 0.5) is 0 Å². The van der Waals surface area contributed by atoms with Gasteiger partial charge in [-0.3, -0.25) is 0 Å². The standard InChI is InChI=1S/C9H13BO2/c1-4-5(2)8(11)6(3)9(12)7(4)10/h11-12H,10H2,1-3H3. The van der Waals surface area contributed by atoms with Crippen LogP contribution in [-0.4, -0.2) is 18.1 Å². The van der Waals surface area contributed by atoms with E-state index in [-0.39, 0.29) is 11.5 Å². The SMILES string of the molecule is Bc1c(C)c(C)c(O)c(C)c1O. The van der Waals surface area contributed by atoms with E-state index in [0.717, 1.165) is 16.6 Å². The fourth-order valence-electron chi connectivity index (χ4n) is 1.31. The van der Waals surface area contributed by atoms with Crippen LogP contribution >= 0.6 is 0 Å². The maximum atomic E-state index is 9.53. The quantitative estimate of drug-likeness (QED) is 0.540. The third-order valence-electron chi connectivity index (χ3n) is 2.55. The number of aromatic hydroxyl groups is 2. The predicted octanol–water partition coefficient (Wildman–Crippen LogP) is 0.281. The Morgan fingerprint density at radius 1 is 0.833 bits per heavy atom. The summed E-state index contributed by atoms with van der Waals surface area (Å²) in [5, 5.41) is 19.1. The van der Waals surface area contributed by atoms with Crippen molar-refractivity contribution in [3.63, 3.8) is 0 Å². The van der Waals surface area contributed by atoms with Crippen molar-refractivity contribution in [2.24, 2.45) is 0 Å². The summed E-state index contributed by atoms with van der Waals surface area (Å²) in [6, 6.07) is 0. The Morgan fingerprint density at radius 2 is 1.33 bits per heavy atom. The van der Waals surface area contributed by atoms with Crippen LogP contribution in [-0.2, 0) is 0 Å². The van der Waals surface area contributed by atoms with E-state index in [1.807, 2.05) is 21.7 Å². The smallest absolute Gasteiger partial charge is 0.144 e. The lowest BCUT2D eigenvalue weighted by Crippen LogP contribution is -2.11. The van der Waals surface area contributed by atoms with Crippen LogP contribution in [0.25, 0.3) is 0 Å². The summed E-state index contributed by atoms with van der Waals surface area (Å²) in [7, 11) is 1.85. The summed E-state index contributed by atoms with van der Waals surface area (Å²) >= 11 is 0. The van der Waals surface area contributed by atoms with Gasteiger partial charge in [0.15, 0.2) is 0 Å². The molecule has 2 nitrogen and oxygen atoms in total. The van der Waals surface area contributed by atoms with Crippen molar-refractivity contribution < 1.29 is 10.2 Å². The highest BCUT2D eigenvalue weighted by Crippen LogP contribution is 2.29. The molecular formula is C9H13BO2. The highest BCUT2D eigenvalue weighted by Gasteiger charge is 2.12. The van der Waals surface area contributed by atoms with Gasteiger partial charge in [-0.25, -0.2) is 0 Å². The zero-order chi connectivity index (χ0) is 9.46. The second-order valence-corrected chi connectivity index (χ2v) is 3.20. The van der Waals surface area contributed by atoms with Crippen LogP contribution in [0.3, 0.4) is 0 Å². The molecule has 0 heterocycles. The van der Waals surface area contributed by atoms with Crippen LogP contribution in [0.2, 0.25) is 0 Å². The Labute approximate surface area is 73.3 Å². The molecule has 12 heavy (non-hydrogen) atoms. The van der Waals surface area contributed by atoms with E-state index in [1.165, 1.54) is 0 Å². The lowest BCUT2D eigenvalue weighted by Gasteiger charge is -2.12. The molecule has 0 radical (unpaired) electrons. The highest BCUT2D eigenvalue weighted by molar-refractivity contribution is 6.35. The van der Waals surface area contributed by atoms with Gasteiger partial charge in [0.1, 0.15) is 19.3 Å². The average molecular weight is 164 g/mol. The third kappa shape index (κ3) is 1.05. The Morgan fingerprint density at radius 3 is 1.83 bits per heavy atom. The van der Waals surface area contributed by atoms with Crippen LogP contribution in [0, 0.1) is 20.8 Å². The lowest BCUT2D eigenvalue weighted by molar-refractivity contribution is 0.442. The molecule has 64 valence electrons. The van der Waals surface area contributed by atoms with E-state index in [1.54, 1.807) is 6.92 Å². The van der Waals surface area contributed by atoms with Crippen molar-refractivity contribution in [3.05, 3.63) is 16.7 Å². The van der Waals surface area contributed by atoms with Crippen molar-refractivity contribution in [2.45, 2.75) is 20.8 Å². The van der Waals surface area contributed by atoms with Crippen molar-refractivity contribution in [2.75, 3.05) is 0 Å². The van der Waals surface area contributed by atoms with Crippen molar-refractivity contribution in [1.82, 2.24) is 0 Å². The first kappa shape index (κ1) is 8.98. The molecule has 2 N–H and O–H groups in total. The number of rotatable bonds is 0. The monoisotopic (exact) mass is 164 g/mol. The summed E-state index contributed by atoms with van der Waals surface area (Å²) in [4.78, 5) is 0. The minimum Gasteiger partial charge on any atom is -0.508 e. The molecule has 1 aromatic rings. The molecule has 0 bridgehead atoms. The fourth-order valence-corrected chi connectivity index (χ4v) is 1.31. The van der Waals surface area contributed by atoms with Gasteiger partial charge in [-0.1, -0.05) is 0 Å². The summed E-state index contributed by atoms with van der Waals surface area (Å²) in [5.74, 6) is 0.409. The van der Waals surface area contributed by atoms with E-state index in [9.17, 15) is 10.2 Å². The zero-order valence-electron chi connectivity index (χ0n) is 7.89. The summed E-state index contributed by atoms with van der Waals surface area (Å²) in [6.45, 7) is 5.46. The van der Waals surface area contributed by atoms with Gasteiger partial charge in [0.25, 0.3) is 0 Å². The Hall–Kier alpha value is -1.12. The maximum absolute atomic E-state index is 9.53.